The molecule has 0 saturated heterocycles. The zero-order valence-corrected chi connectivity index (χ0v) is 10.7. The third-order valence-corrected chi connectivity index (χ3v) is 3.96. The summed E-state index contributed by atoms with van der Waals surface area (Å²) in [6.07, 6.45) is -0.0387. The SMILES string of the molecule is NC1(c2c(Cl)cccc2Cl)CCC(F)(F)CC1. The number of hydrogen-bond donors (Lipinski definition) is 1. The van der Waals surface area contributed by atoms with Crippen LogP contribution < -0.4 is 5.73 Å². The third-order valence-electron chi connectivity index (χ3n) is 3.33. The van der Waals surface area contributed by atoms with Gasteiger partial charge < -0.3 is 5.73 Å². The second-order valence-electron chi connectivity index (χ2n) is 4.61. The van der Waals surface area contributed by atoms with Crippen molar-refractivity contribution in [1.82, 2.24) is 0 Å². The number of rotatable bonds is 1. The lowest BCUT2D eigenvalue weighted by molar-refractivity contribution is -0.0513. The lowest BCUT2D eigenvalue weighted by Crippen LogP contribution is -2.44. The molecule has 1 aromatic carbocycles. The minimum absolute atomic E-state index is 0.198. The van der Waals surface area contributed by atoms with Gasteiger partial charge in [-0.2, -0.15) is 0 Å². The summed E-state index contributed by atoms with van der Waals surface area (Å²) in [5.41, 5.74) is 5.96. The summed E-state index contributed by atoms with van der Waals surface area (Å²) >= 11 is 12.1. The Morgan fingerprint density at radius 1 is 1.00 bits per heavy atom. The zero-order valence-electron chi connectivity index (χ0n) is 9.15. The summed E-state index contributed by atoms with van der Waals surface area (Å²) in [4.78, 5) is 0. The van der Waals surface area contributed by atoms with E-state index in [4.69, 9.17) is 28.9 Å². The highest BCUT2D eigenvalue weighted by Gasteiger charge is 2.43. The average Bonchev–Trinajstić information content (AvgIpc) is 2.23. The van der Waals surface area contributed by atoms with Gasteiger partial charge in [-0.3, -0.25) is 0 Å². The van der Waals surface area contributed by atoms with Gasteiger partial charge in [0, 0.05) is 34.0 Å². The molecule has 0 aliphatic heterocycles. The normalized spacial score (nSPS) is 22.4. The van der Waals surface area contributed by atoms with Crippen LogP contribution in [0.2, 0.25) is 10.0 Å². The van der Waals surface area contributed by atoms with Crippen LogP contribution in [-0.4, -0.2) is 5.92 Å². The van der Waals surface area contributed by atoms with Crippen molar-refractivity contribution in [2.45, 2.75) is 37.1 Å². The fourth-order valence-electron chi connectivity index (χ4n) is 2.29. The minimum atomic E-state index is -2.61. The van der Waals surface area contributed by atoms with Gasteiger partial charge in [0.25, 0.3) is 0 Å². The van der Waals surface area contributed by atoms with Gasteiger partial charge in [0.1, 0.15) is 0 Å². The molecule has 1 fully saturated rings. The Hall–Kier alpha value is -0.380. The second-order valence-corrected chi connectivity index (χ2v) is 5.42. The summed E-state index contributed by atoms with van der Waals surface area (Å²) in [5.74, 6) is -2.61. The summed E-state index contributed by atoms with van der Waals surface area (Å²) in [6, 6.07) is 5.09. The van der Waals surface area contributed by atoms with Crippen molar-refractivity contribution in [3.63, 3.8) is 0 Å². The van der Waals surface area contributed by atoms with Crippen LogP contribution in [0.25, 0.3) is 0 Å². The smallest absolute Gasteiger partial charge is 0.248 e. The van der Waals surface area contributed by atoms with Crippen LogP contribution in [0.1, 0.15) is 31.2 Å². The number of benzene rings is 1. The number of halogens is 4. The highest BCUT2D eigenvalue weighted by atomic mass is 35.5. The van der Waals surface area contributed by atoms with Crippen molar-refractivity contribution in [1.29, 1.82) is 0 Å². The van der Waals surface area contributed by atoms with Crippen molar-refractivity contribution in [3.8, 4) is 0 Å². The predicted octanol–water partition coefficient (Wildman–Crippen LogP) is 4.36. The maximum atomic E-state index is 13.1. The largest absolute Gasteiger partial charge is 0.321 e. The molecule has 0 spiro atoms. The topological polar surface area (TPSA) is 26.0 Å². The molecule has 1 aliphatic carbocycles. The van der Waals surface area contributed by atoms with Gasteiger partial charge in [0.15, 0.2) is 0 Å². The van der Waals surface area contributed by atoms with Crippen LogP contribution in [0.3, 0.4) is 0 Å². The Bertz CT molecular complexity index is 404. The van der Waals surface area contributed by atoms with E-state index in [1.54, 1.807) is 18.2 Å². The molecule has 1 aliphatic rings. The van der Waals surface area contributed by atoms with Gasteiger partial charge in [-0.05, 0) is 25.0 Å². The van der Waals surface area contributed by atoms with Gasteiger partial charge in [-0.15, -0.1) is 0 Å². The van der Waals surface area contributed by atoms with Crippen LogP contribution in [0.15, 0.2) is 18.2 Å². The lowest BCUT2D eigenvalue weighted by atomic mass is 9.76. The van der Waals surface area contributed by atoms with Crippen LogP contribution in [0.4, 0.5) is 8.78 Å². The third kappa shape index (κ3) is 2.56. The van der Waals surface area contributed by atoms with Crippen molar-refractivity contribution in [3.05, 3.63) is 33.8 Å². The molecule has 2 N–H and O–H groups in total. The van der Waals surface area contributed by atoms with E-state index >= 15 is 0 Å². The van der Waals surface area contributed by atoms with Crippen molar-refractivity contribution < 1.29 is 8.78 Å². The van der Waals surface area contributed by atoms with Gasteiger partial charge in [-0.1, -0.05) is 29.3 Å². The fourth-order valence-corrected chi connectivity index (χ4v) is 3.06. The molecule has 0 radical (unpaired) electrons. The number of nitrogens with two attached hydrogens (primary N) is 1. The molecule has 0 aromatic heterocycles. The maximum Gasteiger partial charge on any atom is 0.248 e. The monoisotopic (exact) mass is 279 g/mol. The van der Waals surface area contributed by atoms with E-state index in [2.05, 4.69) is 0 Å². The van der Waals surface area contributed by atoms with E-state index in [0.717, 1.165) is 0 Å². The molecule has 2 rings (SSSR count). The van der Waals surface area contributed by atoms with E-state index in [9.17, 15) is 8.78 Å². The Morgan fingerprint density at radius 2 is 1.47 bits per heavy atom. The van der Waals surface area contributed by atoms with E-state index in [1.165, 1.54) is 0 Å². The van der Waals surface area contributed by atoms with E-state index in [1.807, 2.05) is 0 Å². The average molecular weight is 280 g/mol. The van der Waals surface area contributed by atoms with Crippen LogP contribution in [0.5, 0.6) is 0 Å². The molecule has 0 atom stereocenters. The molecule has 0 heterocycles. The molecule has 0 unspecified atom stereocenters. The molecule has 1 aromatic rings. The Kier molecular flexibility index (Phi) is 3.36. The van der Waals surface area contributed by atoms with Gasteiger partial charge in [0.05, 0.1) is 0 Å². The molecule has 94 valence electrons. The van der Waals surface area contributed by atoms with E-state index < -0.39 is 11.5 Å². The first-order valence-electron chi connectivity index (χ1n) is 5.45. The highest BCUT2D eigenvalue weighted by molar-refractivity contribution is 6.36. The Balaban J connectivity index is 2.34. The molecular formula is C12H13Cl2F2N. The standard InChI is InChI=1S/C12H13Cl2F2N/c13-8-2-1-3-9(14)10(8)11(17)4-6-12(15,16)7-5-11/h1-3H,4-7,17H2. The number of alkyl halides is 2. The first-order valence-corrected chi connectivity index (χ1v) is 6.21. The molecule has 17 heavy (non-hydrogen) atoms. The predicted molar refractivity (Wildman–Crippen MR) is 65.7 cm³/mol. The van der Waals surface area contributed by atoms with Gasteiger partial charge in [0.2, 0.25) is 5.92 Å². The molecular weight excluding hydrogens is 267 g/mol. The molecule has 0 bridgehead atoms. The molecule has 1 saturated carbocycles. The van der Waals surface area contributed by atoms with Gasteiger partial charge >= 0.3 is 0 Å². The summed E-state index contributed by atoms with van der Waals surface area (Å²) < 4.78 is 26.3. The maximum absolute atomic E-state index is 13.1. The lowest BCUT2D eigenvalue weighted by Gasteiger charge is -2.38. The molecule has 0 amide bonds. The van der Waals surface area contributed by atoms with E-state index in [0.29, 0.717) is 15.6 Å². The zero-order chi connectivity index (χ0) is 12.7. The Labute approximate surface area is 109 Å². The van der Waals surface area contributed by atoms with Crippen molar-refractivity contribution in [2.24, 2.45) is 5.73 Å². The molecule has 5 heteroatoms. The Morgan fingerprint density at radius 3 is 1.94 bits per heavy atom. The van der Waals surface area contributed by atoms with Crippen molar-refractivity contribution >= 4 is 23.2 Å². The number of hydrogen-bond acceptors (Lipinski definition) is 1. The highest BCUT2D eigenvalue weighted by Crippen LogP contribution is 2.46. The summed E-state index contributed by atoms with van der Waals surface area (Å²) in [5, 5.41) is 0.899. The molecule has 1 nitrogen and oxygen atoms in total. The van der Waals surface area contributed by atoms with Gasteiger partial charge in [-0.25, -0.2) is 8.78 Å². The van der Waals surface area contributed by atoms with Crippen LogP contribution >= 0.6 is 23.2 Å². The van der Waals surface area contributed by atoms with E-state index in [-0.39, 0.29) is 25.7 Å². The minimum Gasteiger partial charge on any atom is -0.321 e. The van der Waals surface area contributed by atoms with Crippen LogP contribution in [0, 0.1) is 0 Å². The first kappa shape index (κ1) is 13.1. The van der Waals surface area contributed by atoms with Crippen molar-refractivity contribution in [2.75, 3.05) is 0 Å². The summed E-state index contributed by atoms with van der Waals surface area (Å²) in [6.45, 7) is 0. The van der Waals surface area contributed by atoms with Crippen LogP contribution in [-0.2, 0) is 5.54 Å². The first-order chi connectivity index (χ1) is 7.84. The second kappa shape index (κ2) is 4.38. The fraction of sp³-hybridized carbons (Fsp3) is 0.500. The quantitative estimate of drug-likeness (QED) is 0.812. The summed E-state index contributed by atoms with van der Waals surface area (Å²) in [7, 11) is 0.